The summed E-state index contributed by atoms with van der Waals surface area (Å²) >= 11 is 1.98. The minimum atomic E-state index is 0. The molecule has 3 nitrogen and oxygen atoms in total. The first-order chi connectivity index (χ1) is 8.25. The number of rotatable bonds is 2. The van der Waals surface area contributed by atoms with Gasteiger partial charge in [-0.1, -0.05) is 29.8 Å². The standard InChI is InChI=1S/C13H19N3S.HI/c1-11-2-4-12(5-3-11)10-15-13(14)16-6-8-17-9-7-16;/h2-5H,6-10H2,1H3,(H2,14,15);1H. The van der Waals surface area contributed by atoms with Crippen LogP contribution in [0.4, 0.5) is 0 Å². The summed E-state index contributed by atoms with van der Waals surface area (Å²) in [5.41, 5.74) is 8.48. The van der Waals surface area contributed by atoms with E-state index in [1.165, 1.54) is 11.1 Å². The Morgan fingerprint density at radius 3 is 2.50 bits per heavy atom. The zero-order valence-corrected chi connectivity index (χ0v) is 13.8. The van der Waals surface area contributed by atoms with Crippen LogP contribution in [0.3, 0.4) is 0 Å². The van der Waals surface area contributed by atoms with Gasteiger partial charge in [0.15, 0.2) is 5.96 Å². The van der Waals surface area contributed by atoms with Crippen molar-refractivity contribution in [2.45, 2.75) is 13.5 Å². The molecule has 1 fully saturated rings. The van der Waals surface area contributed by atoms with Crippen molar-refractivity contribution in [1.82, 2.24) is 4.90 Å². The monoisotopic (exact) mass is 377 g/mol. The number of benzene rings is 1. The molecule has 1 heterocycles. The van der Waals surface area contributed by atoms with Gasteiger partial charge in [0.05, 0.1) is 6.54 Å². The molecular formula is C13H20IN3S. The average molecular weight is 377 g/mol. The summed E-state index contributed by atoms with van der Waals surface area (Å²) in [6.45, 7) is 4.81. The summed E-state index contributed by atoms with van der Waals surface area (Å²) in [5, 5.41) is 0. The fourth-order valence-corrected chi connectivity index (χ4v) is 2.66. The Morgan fingerprint density at radius 1 is 1.28 bits per heavy atom. The van der Waals surface area contributed by atoms with E-state index < -0.39 is 0 Å². The third kappa shape index (κ3) is 4.68. The number of nitrogens with two attached hydrogens (primary N) is 1. The zero-order valence-electron chi connectivity index (χ0n) is 10.6. The lowest BCUT2D eigenvalue weighted by atomic mass is 10.1. The van der Waals surface area contributed by atoms with Crippen LogP contribution in [-0.4, -0.2) is 35.5 Å². The number of aliphatic imine (C=N–C) groups is 1. The normalized spacial score (nSPS) is 16.3. The molecular weight excluding hydrogens is 357 g/mol. The summed E-state index contributed by atoms with van der Waals surface area (Å²) in [5.74, 6) is 2.99. The Kier molecular flexibility index (Phi) is 6.85. The number of nitrogens with zero attached hydrogens (tertiary/aromatic N) is 2. The van der Waals surface area contributed by atoms with E-state index in [9.17, 15) is 0 Å². The number of thioether (sulfide) groups is 1. The number of guanidine groups is 1. The molecule has 100 valence electrons. The molecule has 2 rings (SSSR count). The quantitative estimate of drug-likeness (QED) is 0.489. The van der Waals surface area contributed by atoms with Gasteiger partial charge in [-0.15, -0.1) is 24.0 Å². The highest BCUT2D eigenvalue weighted by molar-refractivity contribution is 14.0. The average Bonchev–Trinajstić information content (AvgIpc) is 2.39. The summed E-state index contributed by atoms with van der Waals surface area (Å²) in [7, 11) is 0. The minimum Gasteiger partial charge on any atom is -0.370 e. The van der Waals surface area contributed by atoms with E-state index in [4.69, 9.17) is 5.73 Å². The lowest BCUT2D eigenvalue weighted by molar-refractivity contribution is 0.455. The number of hydrogen-bond donors (Lipinski definition) is 1. The maximum Gasteiger partial charge on any atom is 0.191 e. The third-order valence-electron chi connectivity index (χ3n) is 2.88. The van der Waals surface area contributed by atoms with Crippen LogP contribution in [0, 0.1) is 6.92 Å². The molecule has 0 aliphatic carbocycles. The molecule has 0 aromatic heterocycles. The van der Waals surface area contributed by atoms with Gasteiger partial charge in [0, 0.05) is 24.6 Å². The number of hydrogen-bond acceptors (Lipinski definition) is 2. The summed E-state index contributed by atoms with van der Waals surface area (Å²) < 4.78 is 0. The predicted octanol–water partition coefficient (Wildman–Crippen LogP) is 2.48. The second-order valence-electron chi connectivity index (χ2n) is 4.26. The van der Waals surface area contributed by atoms with Crippen molar-refractivity contribution in [1.29, 1.82) is 0 Å². The Labute approximate surface area is 130 Å². The molecule has 0 radical (unpaired) electrons. The molecule has 1 aromatic carbocycles. The van der Waals surface area contributed by atoms with Crippen LogP contribution in [0.15, 0.2) is 29.3 Å². The SMILES string of the molecule is Cc1ccc(CN=C(N)N2CCSCC2)cc1.I. The van der Waals surface area contributed by atoms with E-state index in [2.05, 4.69) is 41.1 Å². The van der Waals surface area contributed by atoms with Gasteiger partial charge in [0.25, 0.3) is 0 Å². The second kappa shape index (κ2) is 7.89. The third-order valence-corrected chi connectivity index (χ3v) is 3.82. The van der Waals surface area contributed by atoms with Crippen LogP contribution in [0.1, 0.15) is 11.1 Å². The molecule has 2 N–H and O–H groups in total. The first kappa shape index (κ1) is 15.6. The Hall–Kier alpha value is -0.430. The van der Waals surface area contributed by atoms with Crippen LogP contribution in [0.25, 0.3) is 0 Å². The molecule has 18 heavy (non-hydrogen) atoms. The van der Waals surface area contributed by atoms with Gasteiger partial charge in [-0.3, -0.25) is 0 Å². The molecule has 1 aliphatic rings. The second-order valence-corrected chi connectivity index (χ2v) is 5.48. The molecule has 5 heteroatoms. The van der Waals surface area contributed by atoms with E-state index in [0.717, 1.165) is 24.6 Å². The molecule has 0 bridgehead atoms. The molecule has 0 saturated carbocycles. The fourth-order valence-electron chi connectivity index (χ4n) is 1.76. The van der Waals surface area contributed by atoms with Gasteiger partial charge in [0.1, 0.15) is 0 Å². The molecule has 0 unspecified atom stereocenters. The van der Waals surface area contributed by atoms with Gasteiger partial charge >= 0.3 is 0 Å². The highest BCUT2D eigenvalue weighted by Gasteiger charge is 2.11. The molecule has 1 aliphatic heterocycles. The first-order valence-electron chi connectivity index (χ1n) is 5.94. The smallest absolute Gasteiger partial charge is 0.191 e. The van der Waals surface area contributed by atoms with E-state index in [-0.39, 0.29) is 24.0 Å². The molecule has 1 aromatic rings. The van der Waals surface area contributed by atoms with Gasteiger partial charge in [-0.05, 0) is 12.5 Å². The lowest BCUT2D eigenvalue weighted by Gasteiger charge is -2.27. The first-order valence-corrected chi connectivity index (χ1v) is 7.09. The van der Waals surface area contributed by atoms with Crippen molar-refractivity contribution in [3.8, 4) is 0 Å². The molecule has 0 amide bonds. The zero-order chi connectivity index (χ0) is 12.1. The Morgan fingerprint density at radius 2 is 1.89 bits per heavy atom. The van der Waals surface area contributed by atoms with Crippen LogP contribution < -0.4 is 5.73 Å². The summed E-state index contributed by atoms with van der Waals surface area (Å²) in [6, 6.07) is 8.44. The van der Waals surface area contributed by atoms with Crippen LogP contribution in [0.2, 0.25) is 0 Å². The largest absolute Gasteiger partial charge is 0.370 e. The minimum absolute atomic E-state index is 0. The molecule has 0 atom stereocenters. The van der Waals surface area contributed by atoms with E-state index >= 15 is 0 Å². The summed E-state index contributed by atoms with van der Waals surface area (Å²) in [4.78, 5) is 6.63. The van der Waals surface area contributed by atoms with Crippen molar-refractivity contribution in [3.63, 3.8) is 0 Å². The Bertz CT molecular complexity index is 386. The van der Waals surface area contributed by atoms with E-state index in [1.54, 1.807) is 0 Å². The fraction of sp³-hybridized carbons (Fsp3) is 0.462. The highest BCUT2D eigenvalue weighted by Crippen LogP contribution is 2.09. The van der Waals surface area contributed by atoms with Gasteiger partial charge in [-0.25, -0.2) is 4.99 Å². The topological polar surface area (TPSA) is 41.6 Å². The van der Waals surface area contributed by atoms with Gasteiger partial charge < -0.3 is 10.6 Å². The van der Waals surface area contributed by atoms with Crippen molar-refractivity contribution in [3.05, 3.63) is 35.4 Å². The van der Waals surface area contributed by atoms with Crippen molar-refractivity contribution in [2.24, 2.45) is 10.7 Å². The van der Waals surface area contributed by atoms with Gasteiger partial charge in [0.2, 0.25) is 0 Å². The summed E-state index contributed by atoms with van der Waals surface area (Å²) in [6.07, 6.45) is 0. The van der Waals surface area contributed by atoms with E-state index in [0.29, 0.717) is 12.5 Å². The predicted molar refractivity (Wildman–Crippen MR) is 90.8 cm³/mol. The van der Waals surface area contributed by atoms with Crippen molar-refractivity contribution >= 4 is 41.7 Å². The van der Waals surface area contributed by atoms with Gasteiger partial charge in [-0.2, -0.15) is 11.8 Å². The lowest BCUT2D eigenvalue weighted by Crippen LogP contribution is -2.42. The van der Waals surface area contributed by atoms with Crippen LogP contribution in [-0.2, 0) is 6.54 Å². The van der Waals surface area contributed by atoms with Crippen molar-refractivity contribution in [2.75, 3.05) is 24.6 Å². The Balaban J connectivity index is 0.00000162. The van der Waals surface area contributed by atoms with Crippen LogP contribution in [0.5, 0.6) is 0 Å². The number of aryl methyl sites for hydroxylation is 1. The van der Waals surface area contributed by atoms with Crippen molar-refractivity contribution < 1.29 is 0 Å². The van der Waals surface area contributed by atoms with Crippen LogP contribution >= 0.6 is 35.7 Å². The molecule has 1 saturated heterocycles. The number of halogens is 1. The maximum absolute atomic E-state index is 5.99. The molecule has 0 spiro atoms. The highest BCUT2D eigenvalue weighted by atomic mass is 127. The maximum atomic E-state index is 5.99. The van der Waals surface area contributed by atoms with E-state index in [1.807, 2.05) is 11.8 Å².